The van der Waals surface area contributed by atoms with E-state index in [1.54, 1.807) is 11.3 Å². The first-order valence-electron chi connectivity index (χ1n) is 6.76. The van der Waals surface area contributed by atoms with Gasteiger partial charge in [0.05, 0.1) is 11.4 Å². The largest absolute Gasteiger partial charge is 0.397 e. The van der Waals surface area contributed by atoms with Crippen molar-refractivity contribution in [3.8, 4) is 0 Å². The average molecular weight is 288 g/mol. The molecule has 0 saturated heterocycles. The van der Waals surface area contributed by atoms with E-state index in [2.05, 4.69) is 16.8 Å². The molecule has 20 heavy (non-hydrogen) atoms. The molecule has 2 rings (SSSR count). The first kappa shape index (κ1) is 14.6. The molecule has 0 aliphatic heterocycles. The quantitative estimate of drug-likeness (QED) is 0.820. The first-order valence-corrected chi connectivity index (χ1v) is 7.64. The van der Waals surface area contributed by atoms with Crippen LogP contribution in [0.25, 0.3) is 0 Å². The summed E-state index contributed by atoms with van der Waals surface area (Å²) in [5.74, 6) is 0.0296. The minimum absolute atomic E-state index is 0.0296. The van der Waals surface area contributed by atoms with E-state index in [0.717, 1.165) is 29.7 Å². The average Bonchev–Trinajstić information content (AvgIpc) is 2.92. The number of aryl methyl sites for hydroxylation is 2. The fourth-order valence-electron chi connectivity index (χ4n) is 2.08. The molecule has 1 aromatic carbocycles. The lowest BCUT2D eigenvalue weighted by molar-refractivity contribution is -0.116. The summed E-state index contributed by atoms with van der Waals surface area (Å²) in [5.41, 5.74) is 9.48. The van der Waals surface area contributed by atoms with Crippen LogP contribution in [-0.2, 0) is 11.2 Å². The lowest BCUT2D eigenvalue weighted by Crippen LogP contribution is -2.14. The molecule has 1 amide bonds. The van der Waals surface area contributed by atoms with Gasteiger partial charge >= 0.3 is 0 Å². The van der Waals surface area contributed by atoms with Crippen LogP contribution in [0.3, 0.4) is 0 Å². The Morgan fingerprint density at radius 2 is 2.10 bits per heavy atom. The fourth-order valence-corrected chi connectivity index (χ4v) is 2.83. The van der Waals surface area contributed by atoms with Gasteiger partial charge in [0, 0.05) is 11.3 Å². The summed E-state index contributed by atoms with van der Waals surface area (Å²) < 4.78 is 0. The fraction of sp³-hybridized carbons (Fsp3) is 0.312. The third-order valence-electron chi connectivity index (χ3n) is 3.44. The van der Waals surface area contributed by atoms with Crippen LogP contribution in [-0.4, -0.2) is 5.91 Å². The molecule has 3 N–H and O–H groups in total. The van der Waals surface area contributed by atoms with Crippen molar-refractivity contribution in [1.82, 2.24) is 0 Å². The van der Waals surface area contributed by atoms with Crippen molar-refractivity contribution < 1.29 is 4.79 Å². The molecular weight excluding hydrogens is 268 g/mol. The second kappa shape index (κ2) is 6.57. The van der Waals surface area contributed by atoms with Gasteiger partial charge in [-0.15, -0.1) is 11.3 Å². The normalized spacial score (nSPS) is 10.5. The number of nitrogen functional groups attached to an aromatic ring is 1. The molecule has 0 atom stereocenters. The number of nitrogens with one attached hydrogen (secondary N) is 1. The van der Waals surface area contributed by atoms with Gasteiger partial charge in [-0.25, -0.2) is 0 Å². The molecule has 4 heteroatoms. The maximum Gasteiger partial charge on any atom is 0.224 e. The van der Waals surface area contributed by atoms with Crippen molar-refractivity contribution in [3.63, 3.8) is 0 Å². The van der Waals surface area contributed by atoms with E-state index in [9.17, 15) is 4.79 Å². The summed E-state index contributed by atoms with van der Waals surface area (Å²) in [5, 5.41) is 5.00. The van der Waals surface area contributed by atoms with E-state index in [0.29, 0.717) is 12.1 Å². The van der Waals surface area contributed by atoms with E-state index in [4.69, 9.17) is 5.73 Å². The van der Waals surface area contributed by atoms with Crippen molar-refractivity contribution in [3.05, 3.63) is 45.6 Å². The molecule has 0 aliphatic carbocycles. The highest BCUT2D eigenvalue weighted by molar-refractivity contribution is 7.09. The van der Waals surface area contributed by atoms with Crippen LogP contribution in [0.5, 0.6) is 0 Å². The maximum atomic E-state index is 12.0. The minimum Gasteiger partial charge on any atom is -0.397 e. The summed E-state index contributed by atoms with van der Waals surface area (Å²) in [6.45, 7) is 3.99. The van der Waals surface area contributed by atoms with Gasteiger partial charge < -0.3 is 11.1 Å². The third kappa shape index (κ3) is 3.61. The molecule has 0 bridgehead atoms. The molecular formula is C16H20N2OS. The molecule has 3 nitrogen and oxygen atoms in total. The van der Waals surface area contributed by atoms with Gasteiger partial charge in [-0.3, -0.25) is 4.79 Å². The second-order valence-corrected chi connectivity index (χ2v) is 5.99. The Hall–Kier alpha value is -1.81. The number of anilines is 2. The predicted molar refractivity (Wildman–Crippen MR) is 86.2 cm³/mol. The van der Waals surface area contributed by atoms with E-state index < -0.39 is 0 Å². The molecule has 0 fully saturated rings. The van der Waals surface area contributed by atoms with Crippen LogP contribution in [0.1, 0.15) is 28.8 Å². The molecule has 1 aromatic heterocycles. The Balaban J connectivity index is 1.90. The molecule has 0 radical (unpaired) electrons. The number of hydrogen-bond acceptors (Lipinski definition) is 3. The van der Waals surface area contributed by atoms with Gasteiger partial charge in [0.15, 0.2) is 0 Å². The standard InChI is InChI=1S/C16H20N2OS/c1-11-8-9-14(17)16(12(11)2)18-15(19)7-3-5-13-6-4-10-20-13/h4,6,8-10H,3,5,7,17H2,1-2H3,(H,18,19). The smallest absolute Gasteiger partial charge is 0.224 e. The summed E-state index contributed by atoms with van der Waals surface area (Å²) in [4.78, 5) is 13.3. The lowest BCUT2D eigenvalue weighted by atomic mass is 10.1. The summed E-state index contributed by atoms with van der Waals surface area (Å²) in [6.07, 6.45) is 2.33. The highest BCUT2D eigenvalue weighted by atomic mass is 32.1. The van der Waals surface area contributed by atoms with E-state index in [1.807, 2.05) is 32.0 Å². The van der Waals surface area contributed by atoms with Crippen LogP contribution in [0.2, 0.25) is 0 Å². The predicted octanol–water partition coefficient (Wildman–Crippen LogP) is 3.91. The molecule has 0 unspecified atom stereocenters. The Labute approximate surface area is 123 Å². The zero-order chi connectivity index (χ0) is 14.5. The van der Waals surface area contributed by atoms with E-state index in [1.165, 1.54) is 4.88 Å². The van der Waals surface area contributed by atoms with Crippen molar-refractivity contribution >= 4 is 28.6 Å². The molecule has 1 heterocycles. The molecule has 0 spiro atoms. The van der Waals surface area contributed by atoms with Gasteiger partial charge in [-0.1, -0.05) is 12.1 Å². The molecule has 0 aliphatic rings. The number of thiophene rings is 1. The van der Waals surface area contributed by atoms with Gasteiger partial charge in [0.25, 0.3) is 0 Å². The van der Waals surface area contributed by atoms with Crippen molar-refractivity contribution in [2.45, 2.75) is 33.1 Å². The Bertz CT molecular complexity index is 591. The summed E-state index contributed by atoms with van der Waals surface area (Å²) in [6, 6.07) is 7.95. The van der Waals surface area contributed by atoms with Crippen LogP contribution < -0.4 is 11.1 Å². The van der Waals surface area contributed by atoms with Gasteiger partial charge in [-0.05, 0) is 55.3 Å². The lowest BCUT2D eigenvalue weighted by Gasteiger charge is -2.13. The van der Waals surface area contributed by atoms with Gasteiger partial charge in [-0.2, -0.15) is 0 Å². The number of hydrogen-bond donors (Lipinski definition) is 2. The summed E-state index contributed by atoms with van der Waals surface area (Å²) >= 11 is 1.73. The van der Waals surface area contributed by atoms with Crippen LogP contribution in [0.15, 0.2) is 29.6 Å². The van der Waals surface area contributed by atoms with Crippen LogP contribution in [0, 0.1) is 13.8 Å². The SMILES string of the molecule is Cc1ccc(N)c(NC(=O)CCCc2cccs2)c1C. The topological polar surface area (TPSA) is 55.1 Å². The third-order valence-corrected chi connectivity index (χ3v) is 4.38. The zero-order valence-corrected chi connectivity index (χ0v) is 12.7. The zero-order valence-electron chi connectivity index (χ0n) is 11.9. The van der Waals surface area contributed by atoms with Crippen LogP contribution in [0.4, 0.5) is 11.4 Å². The Kier molecular flexibility index (Phi) is 4.79. The van der Waals surface area contributed by atoms with Gasteiger partial charge in [0.2, 0.25) is 5.91 Å². The summed E-state index contributed by atoms with van der Waals surface area (Å²) in [7, 11) is 0. The maximum absolute atomic E-state index is 12.0. The van der Waals surface area contributed by atoms with E-state index in [-0.39, 0.29) is 5.91 Å². The Morgan fingerprint density at radius 1 is 1.30 bits per heavy atom. The van der Waals surface area contributed by atoms with E-state index >= 15 is 0 Å². The molecule has 106 valence electrons. The highest BCUT2D eigenvalue weighted by Crippen LogP contribution is 2.26. The van der Waals surface area contributed by atoms with Crippen LogP contribution >= 0.6 is 11.3 Å². The minimum atomic E-state index is 0.0296. The molecule has 0 saturated carbocycles. The number of amides is 1. The number of carbonyl (C=O) groups is 1. The van der Waals surface area contributed by atoms with Gasteiger partial charge in [0.1, 0.15) is 0 Å². The first-order chi connectivity index (χ1) is 9.58. The van der Waals surface area contributed by atoms with Crippen molar-refractivity contribution in [2.75, 3.05) is 11.1 Å². The molecule has 2 aromatic rings. The highest BCUT2D eigenvalue weighted by Gasteiger charge is 2.09. The Morgan fingerprint density at radius 3 is 2.80 bits per heavy atom. The monoisotopic (exact) mass is 288 g/mol. The number of carbonyl (C=O) groups excluding carboxylic acids is 1. The van der Waals surface area contributed by atoms with Crippen molar-refractivity contribution in [1.29, 1.82) is 0 Å². The number of benzene rings is 1. The second-order valence-electron chi connectivity index (χ2n) is 4.95. The van der Waals surface area contributed by atoms with Crippen molar-refractivity contribution in [2.24, 2.45) is 0 Å². The number of nitrogens with two attached hydrogens (primary N) is 1. The number of rotatable bonds is 5.